The number of nitrogens with zero attached hydrogens (tertiary/aromatic N) is 5. The van der Waals surface area contributed by atoms with E-state index < -0.39 is 0 Å². The number of rotatable bonds is 4. The predicted molar refractivity (Wildman–Crippen MR) is 96.2 cm³/mol. The largest absolute Gasteiger partial charge is 0.461 e. The SMILES string of the molecule is CN(CCO)c1nc2sc3c(c2c2nc(-c4ccco4)nn12)CCC3. The summed E-state index contributed by atoms with van der Waals surface area (Å²) in [6.07, 6.45) is 5.00. The van der Waals surface area contributed by atoms with Gasteiger partial charge >= 0.3 is 0 Å². The van der Waals surface area contributed by atoms with Gasteiger partial charge in [0, 0.05) is 18.5 Å². The lowest BCUT2D eigenvalue weighted by Gasteiger charge is -2.17. The van der Waals surface area contributed by atoms with Crippen LogP contribution in [-0.2, 0) is 12.8 Å². The van der Waals surface area contributed by atoms with Crippen LogP contribution in [0.15, 0.2) is 22.8 Å². The fourth-order valence-corrected chi connectivity index (χ4v) is 4.71. The molecule has 0 saturated heterocycles. The molecule has 0 aromatic carbocycles. The molecule has 4 aromatic rings. The van der Waals surface area contributed by atoms with Crippen molar-refractivity contribution in [1.29, 1.82) is 0 Å². The van der Waals surface area contributed by atoms with Gasteiger partial charge < -0.3 is 14.4 Å². The highest BCUT2D eigenvalue weighted by atomic mass is 32.1. The van der Waals surface area contributed by atoms with Gasteiger partial charge in [0.1, 0.15) is 4.83 Å². The lowest BCUT2D eigenvalue weighted by molar-refractivity contribution is 0.303. The van der Waals surface area contributed by atoms with Crippen molar-refractivity contribution in [2.45, 2.75) is 19.3 Å². The standard InChI is InChI=1S/C17H17N5O2S/c1-21(7-8-23)17-19-16-13(10-4-2-6-12(10)25-16)15-18-14(20-22(15)17)11-5-3-9-24-11/h3,5,9,23H,2,4,6-8H2,1H3. The molecule has 0 aliphatic heterocycles. The van der Waals surface area contributed by atoms with Gasteiger partial charge in [0.2, 0.25) is 11.8 Å². The second-order valence-corrected chi connectivity index (χ2v) is 7.33. The van der Waals surface area contributed by atoms with E-state index in [0.29, 0.717) is 24.1 Å². The molecule has 0 fully saturated rings. The van der Waals surface area contributed by atoms with Crippen LogP contribution in [0.25, 0.3) is 27.4 Å². The first-order chi connectivity index (χ1) is 12.3. The van der Waals surface area contributed by atoms with Crippen LogP contribution < -0.4 is 4.90 Å². The van der Waals surface area contributed by atoms with Gasteiger partial charge in [-0.3, -0.25) is 0 Å². The van der Waals surface area contributed by atoms with Crippen LogP contribution in [0.2, 0.25) is 0 Å². The van der Waals surface area contributed by atoms with Gasteiger partial charge in [0.25, 0.3) is 0 Å². The van der Waals surface area contributed by atoms with E-state index in [4.69, 9.17) is 14.4 Å². The Kier molecular flexibility index (Phi) is 3.29. The van der Waals surface area contributed by atoms with Crippen LogP contribution in [-0.4, -0.2) is 44.9 Å². The number of aliphatic hydroxyl groups excluding tert-OH is 1. The number of hydrogen-bond donors (Lipinski definition) is 1. The van der Waals surface area contributed by atoms with E-state index in [2.05, 4.69) is 5.10 Å². The average molecular weight is 355 g/mol. The summed E-state index contributed by atoms with van der Waals surface area (Å²) in [5.41, 5.74) is 2.18. The molecule has 4 heterocycles. The third-order valence-corrected chi connectivity index (χ3v) is 5.83. The Bertz CT molecular complexity index is 1070. The van der Waals surface area contributed by atoms with Crippen LogP contribution in [0.5, 0.6) is 0 Å². The summed E-state index contributed by atoms with van der Waals surface area (Å²) in [5, 5.41) is 15.1. The number of furan rings is 1. The van der Waals surface area contributed by atoms with Crippen molar-refractivity contribution in [3.05, 3.63) is 28.8 Å². The number of aliphatic hydroxyl groups is 1. The summed E-state index contributed by atoms with van der Waals surface area (Å²) in [5.74, 6) is 1.87. The molecule has 8 heteroatoms. The van der Waals surface area contributed by atoms with Crippen LogP contribution >= 0.6 is 11.3 Å². The molecule has 0 spiro atoms. The number of hydrogen-bond acceptors (Lipinski definition) is 7. The Morgan fingerprint density at radius 3 is 3.08 bits per heavy atom. The highest BCUT2D eigenvalue weighted by Gasteiger charge is 2.25. The summed E-state index contributed by atoms with van der Waals surface area (Å²) >= 11 is 1.75. The van der Waals surface area contributed by atoms with E-state index in [9.17, 15) is 5.11 Å². The highest BCUT2D eigenvalue weighted by molar-refractivity contribution is 7.19. The lowest BCUT2D eigenvalue weighted by atomic mass is 10.2. The monoisotopic (exact) mass is 355 g/mol. The number of fused-ring (bicyclic) bond motifs is 5. The van der Waals surface area contributed by atoms with Crippen LogP contribution in [0.1, 0.15) is 16.9 Å². The molecule has 7 nitrogen and oxygen atoms in total. The molecule has 1 aliphatic carbocycles. The molecule has 0 amide bonds. The van der Waals surface area contributed by atoms with Crippen molar-refractivity contribution < 1.29 is 9.52 Å². The minimum absolute atomic E-state index is 0.0540. The first-order valence-corrected chi connectivity index (χ1v) is 9.15. The lowest BCUT2D eigenvalue weighted by Crippen LogP contribution is -2.25. The van der Waals surface area contributed by atoms with Gasteiger partial charge in [-0.25, -0.2) is 9.97 Å². The summed E-state index contributed by atoms with van der Waals surface area (Å²) in [6, 6.07) is 3.69. The maximum atomic E-state index is 9.31. The summed E-state index contributed by atoms with van der Waals surface area (Å²) in [4.78, 5) is 13.9. The van der Waals surface area contributed by atoms with Crippen molar-refractivity contribution >= 4 is 33.1 Å². The van der Waals surface area contributed by atoms with Gasteiger partial charge in [-0.2, -0.15) is 4.52 Å². The molecule has 0 radical (unpaired) electrons. The molecular formula is C17H17N5O2S. The fourth-order valence-electron chi connectivity index (χ4n) is 3.46. The number of aryl methyl sites for hydroxylation is 2. The van der Waals surface area contributed by atoms with E-state index in [-0.39, 0.29) is 6.61 Å². The fraction of sp³-hybridized carbons (Fsp3) is 0.353. The Hall–Kier alpha value is -2.45. The Morgan fingerprint density at radius 2 is 2.28 bits per heavy atom. The van der Waals surface area contributed by atoms with E-state index in [1.807, 2.05) is 24.1 Å². The van der Waals surface area contributed by atoms with Crippen LogP contribution in [0.3, 0.4) is 0 Å². The quantitative estimate of drug-likeness (QED) is 0.606. The molecule has 4 aromatic heterocycles. The van der Waals surface area contributed by atoms with Gasteiger partial charge in [-0.1, -0.05) is 0 Å². The van der Waals surface area contributed by atoms with E-state index >= 15 is 0 Å². The molecule has 0 atom stereocenters. The maximum absolute atomic E-state index is 9.31. The highest BCUT2D eigenvalue weighted by Crippen LogP contribution is 2.39. The first-order valence-electron chi connectivity index (χ1n) is 8.33. The third-order valence-electron chi connectivity index (χ3n) is 4.64. The van der Waals surface area contributed by atoms with Gasteiger partial charge in [-0.15, -0.1) is 16.4 Å². The molecule has 0 saturated carbocycles. The zero-order valence-corrected chi connectivity index (χ0v) is 14.6. The topological polar surface area (TPSA) is 79.7 Å². The molecule has 1 N–H and O–H groups in total. The molecule has 128 valence electrons. The first kappa shape index (κ1) is 14.9. The third kappa shape index (κ3) is 2.17. The molecule has 0 bridgehead atoms. The summed E-state index contributed by atoms with van der Waals surface area (Å²) < 4.78 is 7.25. The Labute approximate surface area is 147 Å². The van der Waals surface area contributed by atoms with Crippen molar-refractivity contribution in [3.8, 4) is 11.6 Å². The zero-order valence-electron chi connectivity index (χ0n) is 13.8. The number of aromatic nitrogens is 4. The zero-order chi connectivity index (χ0) is 17.0. The van der Waals surface area contributed by atoms with E-state index in [1.165, 1.54) is 16.9 Å². The molecule has 0 unspecified atom stereocenters. The van der Waals surface area contributed by atoms with Crippen molar-refractivity contribution in [3.63, 3.8) is 0 Å². The van der Waals surface area contributed by atoms with Gasteiger partial charge in [0.15, 0.2) is 11.4 Å². The number of likely N-dealkylation sites (N-methyl/N-ethyl adjacent to an activating group) is 1. The second kappa shape index (κ2) is 5.53. The number of anilines is 1. The summed E-state index contributed by atoms with van der Waals surface area (Å²) in [6.45, 7) is 0.535. The average Bonchev–Trinajstić information content (AvgIpc) is 3.34. The summed E-state index contributed by atoms with van der Waals surface area (Å²) in [7, 11) is 1.90. The van der Waals surface area contributed by atoms with E-state index in [1.54, 1.807) is 22.1 Å². The Balaban J connectivity index is 1.83. The van der Waals surface area contributed by atoms with Crippen molar-refractivity contribution in [2.75, 3.05) is 25.1 Å². The normalized spacial score (nSPS) is 13.8. The maximum Gasteiger partial charge on any atom is 0.229 e. The Morgan fingerprint density at radius 1 is 1.36 bits per heavy atom. The van der Waals surface area contributed by atoms with E-state index in [0.717, 1.165) is 28.7 Å². The number of thiophene rings is 1. The minimum Gasteiger partial charge on any atom is -0.461 e. The van der Waals surface area contributed by atoms with Crippen LogP contribution in [0.4, 0.5) is 5.95 Å². The second-order valence-electron chi connectivity index (χ2n) is 6.24. The minimum atomic E-state index is 0.0540. The smallest absolute Gasteiger partial charge is 0.229 e. The van der Waals surface area contributed by atoms with Gasteiger partial charge in [0.05, 0.1) is 18.3 Å². The molecular weight excluding hydrogens is 338 g/mol. The van der Waals surface area contributed by atoms with Gasteiger partial charge in [-0.05, 0) is 37.0 Å². The molecule has 1 aliphatic rings. The predicted octanol–water partition coefficient (Wildman–Crippen LogP) is 2.52. The van der Waals surface area contributed by atoms with Crippen LogP contribution in [0, 0.1) is 0 Å². The molecule has 25 heavy (non-hydrogen) atoms. The van der Waals surface area contributed by atoms with Crippen molar-refractivity contribution in [1.82, 2.24) is 19.6 Å². The van der Waals surface area contributed by atoms with Crippen molar-refractivity contribution in [2.24, 2.45) is 0 Å². The molecule has 5 rings (SSSR count).